The van der Waals surface area contributed by atoms with E-state index in [0.717, 1.165) is 30.5 Å². The second kappa shape index (κ2) is 10.7. The van der Waals surface area contributed by atoms with E-state index in [2.05, 4.69) is 22.4 Å². The van der Waals surface area contributed by atoms with Gasteiger partial charge in [0.25, 0.3) is 0 Å². The molecule has 0 amide bonds. The average Bonchev–Trinajstić information content (AvgIpc) is 3.50. The summed E-state index contributed by atoms with van der Waals surface area (Å²) in [5, 5.41) is 11.8. The number of anilines is 1. The minimum absolute atomic E-state index is 0.00478. The summed E-state index contributed by atoms with van der Waals surface area (Å²) >= 11 is 0. The predicted octanol–water partition coefficient (Wildman–Crippen LogP) is 6.54. The fraction of sp³-hybridized carbons (Fsp3) is 0.533. The van der Waals surface area contributed by atoms with Crippen molar-refractivity contribution in [1.29, 1.82) is 0 Å². The molecular formula is C30H34F5N5O. The lowest BCUT2D eigenvalue weighted by Crippen LogP contribution is -2.47. The zero-order valence-corrected chi connectivity index (χ0v) is 23.1. The van der Waals surface area contributed by atoms with Crippen LogP contribution >= 0.6 is 0 Å². The van der Waals surface area contributed by atoms with E-state index in [9.17, 15) is 22.0 Å². The Hall–Kier alpha value is -3.05. The molecule has 1 N–H and O–H groups in total. The fourth-order valence-corrected chi connectivity index (χ4v) is 6.57. The monoisotopic (exact) mass is 575 g/mol. The van der Waals surface area contributed by atoms with Crippen molar-refractivity contribution in [2.75, 3.05) is 4.90 Å². The smallest absolute Gasteiger partial charge is 0.363 e. The van der Waals surface area contributed by atoms with Gasteiger partial charge in [0.15, 0.2) is 0 Å². The highest BCUT2D eigenvalue weighted by Gasteiger charge is 2.41. The number of halogens is 5. The first-order chi connectivity index (χ1) is 19.5. The van der Waals surface area contributed by atoms with E-state index in [1.165, 1.54) is 6.07 Å². The van der Waals surface area contributed by atoms with Gasteiger partial charge >= 0.3 is 12.8 Å². The van der Waals surface area contributed by atoms with Crippen molar-refractivity contribution in [3.8, 4) is 0 Å². The lowest BCUT2D eigenvalue weighted by atomic mass is 9.70. The Bertz CT molecular complexity index is 1400. The van der Waals surface area contributed by atoms with Gasteiger partial charge in [0.05, 0.1) is 11.7 Å². The van der Waals surface area contributed by atoms with Crippen molar-refractivity contribution < 1.29 is 26.7 Å². The minimum Gasteiger partial charge on any atom is -0.363 e. The molecule has 2 fully saturated rings. The molecule has 6 nitrogen and oxygen atoms in total. The highest BCUT2D eigenvalue weighted by molar-refractivity contribution is 5.57. The Morgan fingerprint density at radius 3 is 2.54 bits per heavy atom. The number of rotatable bonds is 9. The molecular weight excluding hydrogens is 541 g/mol. The van der Waals surface area contributed by atoms with Crippen LogP contribution in [0.5, 0.6) is 0 Å². The van der Waals surface area contributed by atoms with Crippen molar-refractivity contribution in [2.45, 2.75) is 89.0 Å². The Balaban J connectivity index is 1.26. The van der Waals surface area contributed by atoms with Gasteiger partial charge in [-0.3, -0.25) is 0 Å². The summed E-state index contributed by atoms with van der Waals surface area (Å²) in [5.74, 6) is 0.530. The molecule has 0 bridgehead atoms. The van der Waals surface area contributed by atoms with Gasteiger partial charge in [-0.15, -0.1) is 10.2 Å². The lowest BCUT2D eigenvalue weighted by Gasteiger charge is -2.39. The first-order valence-corrected chi connectivity index (χ1v) is 14.1. The van der Waals surface area contributed by atoms with Gasteiger partial charge < -0.3 is 19.5 Å². The number of ether oxygens (including phenoxy) is 1. The Labute approximate surface area is 235 Å². The number of aromatic nitrogens is 3. The lowest BCUT2D eigenvalue weighted by molar-refractivity contribution is -0.192. The molecule has 1 aromatic heterocycles. The quantitative estimate of drug-likeness (QED) is 0.294. The first-order valence-electron chi connectivity index (χ1n) is 14.1. The Kier molecular flexibility index (Phi) is 7.30. The molecule has 6 rings (SSSR count). The summed E-state index contributed by atoms with van der Waals surface area (Å²) in [7, 11) is 1.84. The number of fused-ring (bicyclic) bond motifs is 1. The van der Waals surface area contributed by atoms with E-state index in [0.29, 0.717) is 48.4 Å². The summed E-state index contributed by atoms with van der Waals surface area (Å²) < 4.78 is 74.6. The van der Waals surface area contributed by atoms with Crippen LogP contribution in [0.25, 0.3) is 0 Å². The van der Waals surface area contributed by atoms with Crippen molar-refractivity contribution >= 4 is 5.69 Å². The van der Waals surface area contributed by atoms with Crippen LogP contribution in [-0.2, 0) is 37.6 Å². The van der Waals surface area contributed by atoms with Gasteiger partial charge in [-0.1, -0.05) is 18.2 Å². The molecule has 0 spiro atoms. The highest BCUT2D eigenvalue weighted by atomic mass is 19.4. The van der Waals surface area contributed by atoms with Crippen LogP contribution in [0.1, 0.15) is 78.6 Å². The third-order valence-corrected chi connectivity index (χ3v) is 9.11. The molecule has 2 aromatic carbocycles. The minimum atomic E-state index is -4.45. The van der Waals surface area contributed by atoms with Crippen LogP contribution in [0.15, 0.2) is 42.7 Å². The third kappa shape index (κ3) is 5.70. The Morgan fingerprint density at radius 1 is 1.12 bits per heavy atom. The molecule has 2 heterocycles. The number of benzene rings is 2. The summed E-state index contributed by atoms with van der Waals surface area (Å²) in [6, 6.07) is 10.9. The standard InChI is InChI=1S/C30H34F5N5O/c1-29(7-4-8-29)36-14-18-9-21-15-40(16-24(21)25(10-18)30(33,34)35)22-6-3-5-19(11-22)26(27-38-37-17-39(27)2)20-12-23(13-20)41-28(31)32/h3,5-6,9-11,17,20,23,26,28,36H,4,7-8,12-16H2,1-2H3/t20?,23?,26-/m0/s1. The van der Waals surface area contributed by atoms with E-state index >= 15 is 0 Å². The van der Waals surface area contributed by atoms with E-state index in [4.69, 9.17) is 4.74 Å². The fourth-order valence-electron chi connectivity index (χ4n) is 6.57. The number of nitrogens with zero attached hydrogens (tertiary/aromatic N) is 4. The van der Waals surface area contributed by atoms with E-state index in [1.54, 1.807) is 6.33 Å². The maximum atomic E-state index is 14.2. The number of hydrogen-bond donors (Lipinski definition) is 1. The van der Waals surface area contributed by atoms with Crippen LogP contribution in [0.2, 0.25) is 0 Å². The first kappa shape index (κ1) is 28.1. The second-order valence-electron chi connectivity index (χ2n) is 12.0. The highest BCUT2D eigenvalue weighted by Crippen LogP contribution is 2.46. The summed E-state index contributed by atoms with van der Waals surface area (Å²) in [6.45, 7) is 0.233. The summed E-state index contributed by atoms with van der Waals surface area (Å²) in [4.78, 5) is 1.96. The van der Waals surface area contributed by atoms with Crippen molar-refractivity contribution in [2.24, 2.45) is 13.0 Å². The van der Waals surface area contributed by atoms with Crippen LogP contribution in [0, 0.1) is 5.92 Å². The molecule has 220 valence electrons. The van der Waals surface area contributed by atoms with Crippen LogP contribution < -0.4 is 10.2 Å². The van der Waals surface area contributed by atoms with Gasteiger partial charge in [-0.05, 0) is 85.4 Å². The van der Waals surface area contributed by atoms with Crippen molar-refractivity contribution in [3.05, 3.63) is 76.4 Å². The molecule has 11 heteroatoms. The molecule has 0 radical (unpaired) electrons. The van der Waals surface area contributed by atoms with Crippen molar-refractivity contribution in [3.63, 3.8) is 0 Å². The molecule has 0 saturated heterocycles. The summed E-state index contributed by atoms with van der Waals surface area (Å²) in [5.41, 5.74) is 2.81. The number of alkyl halides is 5. The zero-order chi connectivity index (χ0) is 28.9. The third-order valence-electron chi connectivity index (χ3n) is 9.11. The molecule has 1 aliphatic heterocycles. The van der Waals surface area contributed by atoms with Gasteiger partial charge in [-0.2, -0.15) is 22.0 Å². The van der Waals surface area contributed by atoms with Crippen molar-refractivity contribution in [1.82, 2.24) is 20.1 Å². The second-order valence-corrected chi connectivity index (χ2v) is 12.0. The summed E-state index contributed by atoms with van der Waals surface area (Å²) in [6.07, 6.45) is 0.773. The molecule has 2 aliphatic carbocycles. The van der Waals surface area contributed by atoms with Crippen LogP contribution in [0.4, 0.5) is 27.6 Å². The van der Waals surface area contributed by atoms with Crippen LogP contribution in [0.3, 0.4) is 0 Å². The average molecular weight is 576 g/mol. The zero-order valence-electron chi connectivity index (χ0n) is 23.1. The van der Waals surface area contributed by atoms with E-state index in [-0.39, 0.29) is 23.9 Å². The van der Waals surface area contributed by atoms with Gasteiger partial charge in [-0.25, -0.2) is 0 Å². The molecule has 0 unspecified atom stereocenters. The van der Waals surface area contributed by atoms with E-state index < -0.39 is 24.5 Å². The maximum absolute atomic E-state index is 14.2. The largest absolute Gasteiger partial charge is 0.416 e. The SMILES string of the molecule is Cn1cnnc1[C@@H](c1cccc(N2Cc3cc(CNC4(C)CCC4)cc(C(F)(F)F)c3C2)c1)C1CC(OC(F)F)C1. The van der Waals surface area contributed by atoms with E-state index in [1.807, 2.05) is 46.8 Å². The molecule has 3 aliphatic rings. The van der Waals surface area contributed by atoms with Gasteiger partial charge in [0.1, 0.15) is 12.2 Å². The predicted molar refractivity (Wildman–Crippen MR) is 143 cm³/mol. The molecule has 2 saturated carbocycles. The van der Waals surface area contributed by atoms with Gasteiger partial charge in [0.2, 0.25) is 0 Å². The molecule has 41 heavy (non-hydrogen) atoms. The number of hydrogen-bond acceptors (Lipinski definition) is 5. The Morgan fingerprint density at radius 2 is 1.90 bits per heavy atom. The van der Waals surface area contributed by atoms with Gasteiger partial charge in [0, 0.05) is 43.8 Å². The molecule has 3 aromatic rings. The van der Waals surface area contributed by atoms with Crippen LogP contribution in [-0.4, -0.2) is 33.0 Å². The normalized spacial score (nSPS) is 22.4. The maximum Gasteiger partial charge on any atom is 0.416 e. The molecule has 1 atom stereocenters. The topological polar surface area (TPSA) is 55.2 Å². The number of nitrogens with one attached hydrogen (secondary N) is 1. The number of aryl methyl sites for hydroxylation is 1.